The molecule has 0 amide bonds. The van der Waals surface area contributed by atoms with Crippen LogP contribution in [0.15, 0.2) is 36.5 Å². The summed E-state index contributed by atoms with van der Waals surface area (Å²) in [6, 6.07) is 9.13. The number of carboxylic acid groups (broad SMARTS) is 3. The van der Waals surface area contributed by atoms with Gasteiger partial charge in [-0.1, -0.05) is 30.3 Å². The van der Waals surface area contributed by atoms with E-state index in [1.807, 2.05) is 18.2 Å². The molecule has 0 atom stereocenters. The van der Waals surface area contributed by atoms with Crippen LogP contribution in [0.5, 0.6) is 0 Å². The summed E-state index contributed by atoms with van der Waals surface area (Å²) in [6.07, 6.45) is 1.49. The van der Waals surface area contributed by atoms with E-state index in [1.54, 1.807) is 18.3 Å². The fourth-order valence-electron chi connectivity index (χ4n) is 2.32. The molecule has 0 saturated heterocycles. The van der Waals surface area contributed by atoms with Crippen LogP contribution in [0.25, 0.3) is 0 Å². The SMILES string of the molecule is NCc1[nH]cc(CCC(=O)[O-])c1CC(=O)[O-].O=C(O)Cc1ccccc1.[Li+].[Li+]. The van der Waals surface area contributed by atoms with Crippen molar-refractivity contribution in [2.45, 2.75) is 32.2 Å². The Morgan fingerprint density at radius 2 is 1.61 bits per heavy atom. The van der Waals surface area contributed by atoms with Gasteiger partial charge < -0.3 is 35.6 Å². The summed E-state index contributed by atoms with van der Waals surface area (Å²) < 4.78 is 0. The third-order valence-corrected chi connectivity index (χ3v) is 3.49. The fraction of sp³-hybridized carbons (Fsp3) is 0.278. The molecule has 1 heterocycles. The normalized spacial score (nSPS) is 9.18. The quantitative estimate of drug-likeness (QED) is 0.387. The Morgan fingerprint density at radius 3 is 2.07 bits per heavy atom. The van der Waals surface area contributed by atoms with Gasteiger partial charge in [0.2, 0.25) is 0 Å². The van der Waals surface area contributed by atoms with Gasteiger partial charge in [-0.15, -0.1) is 0 Å². The van der Waals surface area contributed by atoms with Crippen molar-refractivity contribution in [1.82, 2.24) is 4.98 Å². The van der Waals surface area contributed by atoms with Gasteiger partial charge in [0.05, 0.1) is 6.42 Å². The number of aromatic amines is 1. The number of aliphatic carboxylic acids is 3. The van der Waals surface area contributed by atoms with E-state index in [2.05, 4.69) is 4.98 Å². The number of H-pyrrole nitrogens is 1. The molecule has 0 fully saturated rings. The third-order valence-electron chi connectivity index (χ3n) is 3.49. The number of carboxylic acids is 3. The molecule has 2 aromatic rings. The average Bonchev–Trinajstić information content (AvgIpc) is 2.95. The first-order valence-electron chi connectivity index (χ1n) is 7.87. The summed E-state index contributed by atoms with van der Waals surface area (Å²) in [4.78, 5) is 33.8. The molecule has 0 saturated carbocycles. The van der Waals surface area contributed by atoms with Gasteiger partial charge in [0.15, 0.2) is 0 Å². The van der Waals surface area contributed by atoms with Crippen LogP contribution in [0.3, 0.4) is 0 Å². The Balaban J connectivity index is 0. The first kappa shape index (κ1) is 28.3. The predicted molar refractivity (Wildman–Crippen MR) is 88.5 cm³/mol. The average molecular weight is 374 g/mol. The first-order chi connectivity index (χ1) is 12.3. The minimum Gasteiger partial charge on any atom is -0.550 e. The van der Waals surface area contributed by atoms with Crippen LogP contribution in [0.2, 0.25) is 0 Å². The molecule has 0 unspecified atom stereocenters. The minimum absolute atomic E-state index is 0. The van der Waals surface area contributed by atoms with Crippen molar-refractivity contribution >= 4 is 17.9 Å². The second-order valence-electron chi connectivity index (χ2n) is 5.45. The van der Waals surface area contributed by atoms with Crippen molar-refractivity contribution in [2.24, 2.45) is 5.73 Å². The third kappa shape index (κ3) is 11.0. The number of nitrogens with one attached hydrogen (secondary N) is 1. The predicted octanol–water partition coefficient (Wildman–Crippen LogP) is -7.23. The van der Waals surface area contributed by atoms with Crippen molar-refractivity contribution < 1.29 is 67.4 Å². The largest absolute Gasteiger partial charge is 1.00 e. The standard InChI is InChI=1S/C10H14N2O4.C8H8O2.2Li/c11-4-8-7(3-10(15)16)6(5-12-8)1-2-9(13)14;9-8(10)6-7-4-2-1-3-5-7;;/h5,12H,1-4,11H2,(H,13,14)(H,15,16);1-5H,6H2,(H,9,10);;/q;;2*+1/p-2. The van der Waals surface area contributed by atoms with E-state index in [0.717, 1.165) is 5.56 Å². The maximum atomic E-state index is 10.5. The first-order valence-corrected chi connectivity index (χ1v) is 7.87. The van der Waals surface area contributed by atoms with Crippen molar-refractivity contribution in [3.63, 3.8) is 0 Å². The molecule has 0 aliphatic carbocycles. The Kier molecular flexibility index (Phi) is 15.2. The van der Waals surface area contributed by atoms with Gasteiger partial charge >= 0.3 is 43.7 Å². The zero-order valence-corrected chi connectivity index (χ0v) is 16.1. The smallest absolute Gasteiger partial charge is 0.550 e. The number of aryl methyl sites for hydroxylation is 1. The summed E-state index contributed by atoms with van der Waals surface area (Å²) in [6.45, 7) is 0.175. The number of hydrogen-bond donors (Lipinski definition) is 3. The molecule has 0 aliphatic heterocycles. The summed E-state index contributed by atoms with van der Waals surface area (Å²) in [5.74, 6) is -3.18. The number of hydrogen-bond acceptors (Lipinski definition) is 6. The number of carbonyl (C=O) groups is 3. The zero-order chi connectivity index (χ0) is 19.5. The van der Waals surface area contributed by atoms with Crippen LogP contribution >= 0.6 is 0 Å². The van der Waals surface area contributed by atoms with Gasteiger partial charge in [-0.3, -0.25) is 4.79 Å². The Morgan fingerprint density at radius 1 is 1.00 bits per heavy atom. The molecule has 8 nitrogen and oxygen atoms in total. The van der Waals surface area contributed by atoms with E-state index < -0.39 is 17.9 Å². The van der Waals surface area contributed by atoms with Crippen molar-refractivity contribution in [3.8, 4) is 0 Å². The van der Waals surface area contributed by atoms with Crippen LogP contribution in [0.4, 0.5) is 0 Å². The monoisotopic (exact) mass is 374 g/mol. The van der Waals surface area contributed by atoms with Crippen LogP contribution in [-0.4, -0.2) is 28.0 Å². The van der Waals surface area contributed by atoms with Crippen molar-refractivity contribution in [2.75, 3.05) is 0 Å². The summed E-state index contributed by atoms with van der Waals surface area (Å²) in [5, 5.41) is 29.2. The van der Waals surface area contributed by atoms with Gasteiger partial charge in [-0.2, -0.15) is 0 Å². The van der Waals surface area contributed by atoms with Crippen LogP contribution in [0.1, 0.15) is 28.8 Å². The van der Waals surface area contributed by atoms with E-state index in [9.17, 15) is 24.6 Å². The molecular weight excluding hydrogens is 354 g/mol. The van der Waals surface area contributed by atoms with Crippen LogP contribution in [-0.2, 0) is 40.2 Å². The van der Waals surface area contributed by atoms with Crippen molar-refractivity contribution in [3.05, 3.63) is 58.9 Å². The van der Waals surface area contributed by atoms with Gasteiger partial charge in [0, 0.05) is 36.8 Å². The zero-order valence-electron chi connectivity index (χ0n) is 16.1. The summed E-state index contributed by atoms with van der Waals surface area (Å²) in [7, 11) is 0. The number of rotatable bonds is 8. The molecule has 0 aliphatic rings. The minimum atomic E-state index is -1.22. The maximum Gasteiger partial charge on any atom is 1.00 e. The molecule has 4 N–H and O–H groups in total. The van der Waals surface area contributed by atoms with E-state index in [1.165, 1.54) is 0 Å². The molecule has 10 heteroatoms. The molecule has 28 heavy (non-hydrogen) atoms. The molecule has 140 valence electrons. The van der Waals surface area contributed by atoms with Crippen LogP contribution in [0, 0.1) is 0 Å². The van der Waals surface area contributed by atoms with Gasteiger partial charge in [0.1, 0.15) is 0 Å². The van der Waals surface area contributed by atoms with Crippen LogP contribution < -0.4 is 53.7 Å². The van der Waals surface area contributed by atoms with E-state index >= 15 is 0 Å². The molecule has 2 rings (SSSR count). The molecule has 0 spiro atoms. The molecular formula is C18H20Li2N2O6. The fourth-order valence-corrected chi connectivity index (χ4v) is 2.32. The van der Waals surface area contributed by atoms with Gasteiger partial charge in [0.25, 0.3) is 0 Å². The van der Waals surface area contributed by atoms with E-state index in [4.69, 9.17) is 10.8 Å². The number of benzene rings is 1. The maximum absolute atomic E-state index is 10.5. The van der Waals surface area contributed by atoms with Gasteiger partial charge in [-0.25, -0.2) is 0 Å². The topological polar surface area (TPSA) is 159 Å². The van der Waals surface area contributed by atoms with Gasteiger partial charge in [-0.05, 0) is 29.5 Å². The Labute approximate surface area is 186 Å². The number of nitrogens with two attached hydrogens (primary N) is 1. The molecule has 1 aromatic heterocycles. The second-order valence-corrected chi connectivity index (χ2v) is 5.45. The second kappa shape index (κ2) is 15.0. The Bertz CT molecular complexity index is 750. The van der Waals surface area contributed by atoms with E-state index in [-0.39, 0.29) is 69.9 Å². The summed E-state index contributed by atoms with van der Waals surface area (Å²) in [5.41, 5.74) is 8.01. The molecule has 0 radical (unpaired) electrons. The Hall–Kier alpha value is -1.94. The van der Waals surface area contributed by atoms with Crippen molar-refractivity contribution in [1.29, 1.82) is 0 Å². The number of carbonyl (C=O) groups excluding carboxylic acids is 2. The number of aromatic nitrogens is 1. The van der Waals surface area contributed by atoms with E-state index in [0.29, 0.717) is 16.8 Å². The molecule has 0 bridgehead atoms. The molecule has 1 aromatic carbocycles. The summed E-state index contributed by atoms with van der Waals surface area (Å²) >= 11 is 0.